The van der Waals surface area contributed by atoms with Crippen molar-refractivity contribution in [3.8, 4) is 0 Å². The zero-order valence-electron chi connectivity index (χ0n) is 18.2. The van der Waals surface area contributed by atoms with E-state index in [4.69, 9.17) is 9.47 Å². The Kier molecular flexibility index (Phi) is 16.6. The zero-order chi connectivity index (χ0) is 19.4. The van der Waals surface area contributed by atoms with Crippen LogP contribution in [0, 0.1) is 0 Å². The second-order valence-electron chi connectivity index (χ2n) is 7.65. The Bertz CT molecular complexity index is 384. The first-order chi connectivity index (χ1) is 13.4. The number of aromatic nitrogens is 2. The number of imidazole rings is 1. The van der Waals surface area contributed by atoms with Crippen LogP contribution in [0.2, 0.25) is 0 Å². The van der Waals surface area contributed by atoms with Crippen LogP contribution in [0.5, 0.6) is 0 Å². The molecular formula is C23H45N2O2+. The van der Waals surface area contributed by atoms with Crippen molar-refractivity contribution in [2.45, 2.75) is 104 Å². The number of ether oxygens (including phenoxy) is 2. The van der Waals surface area contributed by atoms with Crippen molar-refractivity contribution in [1.82, 2.24) is 4.57 Å². The van der Waals surface area contributed by atoms with Gasteiger partial charge in [0.15, 0.2) is 0 Å². The van der Waals surface area contributed by atoms with Gasteiger partial charge < -0.3 is 9.47 Å². The molecule has 27 heavy (non-hydrogen) atoms. The summed E-state index contributed by atoms with van der Waals surface area (Å²) in [4.78, 5) is 0. The van der Waals surface area contributed by atoms with Crippen LogP contribution in [-0.2, 0) is 22.6 Å². The summed E-state index contributed by atoms with van der Waals surface area (Å²) in [5.41, 5.74) is 0. The van der Waals surface area contributed by atoms with E-state index in [1.807, 2.05) is 0 Å². The van der Waals surface area contributed by atoms with E-state index in [2.05, 4.69) is 41.7 Å². The van der Waals surface area contributed by atoms with E-state index < -0.39 is 0 Å². The molecule has 0 aromatic carbocycles. The monoisotopic (exact) mass is 381 g/mol. The molecule has 0 aliphatic carbocycles. The molecule has 0 saturated carbocycles. The maximum atomic E-state index is 5.74. The lowest BCUT2D eigenvalue weighted by atomic mass is 10.2. The van der Waals surface area contributed by atoms with Crippen molar-refractivity contribution in [3.63, 3.8) is 0 Å². The SMILES string of the molecule is CCCCCCCOCCCn1cc[n+](CCCOCCCCCCC)c1. The van der Waals surface area contributed by atoms with Gasteiger partial charge in [-0.1, -0.05) is 65.2 Å². The second-order valence-corrected chi connectivity index (χ2v) is 7.65. The van der Waals surface area contributed by atoms with Crippen LogP contribution in [0.4, 0.5) is 0 Å². The van der Waals surface area contributed by atoms with Gasteiger partial charge in [0.1, 0.15) is 12.4 Å². The summed E-state index contributed by atoms with van der Waals surface area (Å²) in [5, 5.41) is 0. The summed E-state index contributed by atoms with van der Waals surface area (Å²) in [6, 6.07) is 0. The summed E-state index contributed by atoms with van der Waals surface area (Å²) in [6.07, 6.45) is 21.8. The van der Waals surface area contributed by atoms with Gasteiger partial charge in [-0.25, -0.2) is 9.13 Å². The van der Waals surface area contributed by atoms with E-state index in [1.165, 1.54) is 64.2 Å². The third-order valence-electron chi connectivity index (χ3n) is 4.94. The molecule has 0 aliphatic rings. The number of rotatable bonds is 20. The number of hydrogen-bond donors (Lipinski definition) is 0. The lowest BCUT2D eigenvalue weighted by molar-refractivity contribution is -0.697. The number of hydrogen-bond acceptors (Lipinski definition) is 2. The highest BCUT2D eigenvalue weighted by Gasteiger charge is 2.03. The third-order valence-corrected chi connectivity index (χ3v) is 4.94. The van der Waals surface area contributed by atoms with Gasteiger partial charge in [-0.2, -0.15) is 0 Å². The Morgan fingerprint density at radius 2 is 1.22 bits per heavy atom. The molecule has 0 N–H and O–H groups in total. The van der Waals surface area contributed by atoms with Crippen molar-refractivity contribution < 1.29 is 14.0 Å². The highest BCUT2D eigenvalue weighted by Crippen LogP contribution is 2.03. The molecule has 4 nitrogen and oxygen atoms in total. The highest BCUT2D eigenvalue weighted by atomic mass is 16.5. The molecule has 0 atom stereocenters. The quantitative estimate of drug-likeness (QED) is 0.219. The molecule has 0 spiro atoms. The molecule has 0 aliphatic heterocycles. The van der Waals surface area contributed by atoms with Crippen LogP contribution in [0.25, 0.3) is 0 Å². The molecular weight excluding hydrogens is 336 g/mol. The van der Waals surface area contributed by atoms with Gasteiger partial charge in [-0.15, -0.1) is 0 Å². The number of aryl methyl sites for hydroxylation is 2. The standard InChI is InChI=1S/C23H45N2O2/c1-3-5-7-9-11-19-26-21-13-15-24-17-18-25(23-24)16-14-22-27-20-12-10-8-6-4-2/h17-18,23H,3-16,19-22H2,1-2H3/q+1. The molecule has 1 aromatic rings. The van der Waals surface area contributed by atoms with Crippen LogP contribution in [-0.4, -0.2) is 31.0 Å². The molecule has 0 unspecified atom stereocenters. The topological polar surface area (TPSA) is 27.3 Å². The van der Waals surface area contributed by atoms with Crippen LogP contribution in [0.1, 0.15) is 90.9 Å². The predicted molar refractivity (Wildman–Crippen MR) is 113 cm³/mol. The van der Waals surface area contributed by atoms with Crippen molar-refractivity contribution >= 4 is 0 Å². The van der Waals surface area contributed by atoms with Gasteiger partial charge in [0, 0.05) is 26.1 Å². The van der Waals surface area contributed by atoms with Crippen molar-refractivity contribution in [3.05, 3.63) is 18.7 Å². The average Bonchev–Trinajstić information content (AvgIpc) is 3.13. The molecule has 4 heteroatoms. The van der Waals surface area contributed by atoms with Gasteiger partial charge in [0.05, 0.1) is 26.3 Å². The normalized spacial score (nSPS) is 11.3. The van der Waals surface area contributed by atoms with E-state index in [-0.39, 0.29) is 0 Å². The zero-order valence-corrected chi connectivity index (χ0v) is 18.2. The van der Waals surface area contributed by atoms with E-state index >= 15 is 0 Å². The summed E-state index contributed by atoms with van der Waals surface area (Å²) in [5.74, 6) is 0. The van der Waals surface area contributed by atoms with Crippen molar-refractivity contribution in [1.29, 1.82) is 0 Å². The first-order valence-corrected chi connectivity index (χ1v) is 11.6. The van der Waals surface area contributed by atoms with E-state index in [0.29, 0.717) is 0 Å². The van der Waals surface area contributed by atoms with E-state index in [1.54, 1.807) is 0 Å². The Morgan fingerprint density at radius 1 is 0.667 bits per heavy atom. The van der Waals surface area contributed by atoms with Gasteiger partial charge in [0.2, 0.25) is 6.33 Å². The average molecular weight is 382 g/mol. The first kappa shape index (κ1) is 24.2. The van der Waals surface area contributed by atoms with Crippen LogP contribution < -0.4 is 4.57 Å². The summed E-state index contributed by atoms with van der Waals surface area (Å²) < 4.78 is 16.0. The predicted octanol–water partition coefficient (Wildman–Crippen LogP) is 5.53. The molecule has 1 aromatic heterocycles. The molecule has 158 valence electrons. The maximum Gasteiger partial charge on any atom is 0.243 e. The van der Waals surface area contributed by atoms with Gasteiger partial charge in [-0.3, -0.25) is 0 Å². The summed E-state index contributed by atoms with van der Waals surface area (Å²) in [6.45, 7) is 10.2. The Labute approximate surface area is 168 Å². The fourth-order valence-electron chi connectivity index (χ4n) is 3.22. The Morgan fingerprint density at radius 3 is 1.85 bits per heavy atom. The number of unbranched alkanes of at least 4 members (excludes halogenated alkanes) is 8. The lowest BCUT2D eigenvalue weighted by Crippen LogP contribution is -2.31. The highest BCUT2D eigenvalue weighted by molar-refractivity contribution is 4.66. The van der Waals surface area contributed by atoms with Crippen LogP contribution in [0.3, 0.4) is 0 Å². The minimum Gasteiger partial charge on any atom is -0.381 e. The minimum absolute atomic E-state index is 0.873. The molecule has 0 fully saturated rings. The molecule has 0 bridgehead atoms. The molecule has 0 radical (unpaired) electrons. The Balaban J connectivity index is 1.90. The molecule has 0 saturated heterocycles. The van der Waals surface area contributed by atoms with Crippen LogP contribution in [0.15, 0.2) is 18.7 Å². The van der Waals surface area contributed by atoms with E-state index in [0.717, 1.165) is 52.4 Å². The fraction of sp³-hybridized carbons (Fsp3) is 0.870. The maximum absolute atomic E-state index is 5.74. The van der Waals surface area contributed by atoms with Crippen LogP contribution >= 0.6 is 0 Å². The largest absolute Gasteiger partial charge is 0.381 e. The minimum atomic E-state index is 0.873. The fourth-order valence-corrected chi connectivity index (χ4v) is 3.22. The molecule has 1 heterocycles. The van der Waals surface area contributed by atoms with Gasteiger partial charge in [-0.05, 0) is 12.8 Å². The smallest absolute Gasteiger partial charge is 0.243 e. The van der Waals surface area contributed by atoms with Gasteiger partial charge in [0.25, 0.3) is 0 Å². The second kappa shape index (κ2) is 18.5. The molecule has 1 rings (SSSR count). The van der Waals surface area contributed by atoms with Crippen molar-refractivity contribution in [2.75, 3.05) is 26.4 Å². The summed E-state index contributed by atoms with van der Waals surface area (Å²) in [7, 11) is 0. The first-order valence-electron chi connectivity index (χ1n) is 11.6. The Hall–Kier alpha value is -0.870. The van der Waals surface area contributed by atoms with E-state index in [9.17, 15) is 0 Å². The third kappa shape index (κ3) is 14.8. The molecule has 0 amide bonds. The number of nitrogens with zero attached hydrogens (tertiary/aromatic N) is 2. The van der Waals surface area contributed by atoms with Gasteiger partial charge >= 0.3 is 0 Å². The summed E-state index contributed by atoms with van der Waals surface area (Å²) >= 11 is 0. The van der Waals surface area contributed by atoms with Crippen molar-refractivity contribution in [2.24, 2.45) is 0 Å². The lowest BCUT2D eigenvalue weighted by Gasteiger charge is -2.03.